The molecular weight excluding hydrogens is 378 g/mol. The lowest BCUT2D eigenvalue weighted by Crippen LogP contribution is -2.42. The summed E-state index contributed by atoms with van der Waals surface area (Å²) in [4.78, 5) is 27.7. The fraction of sp³-hybridized carbons (Fsp3) is 0.292. The topological polar surface area (TPSA) is 64.4 Å². The maximum atomic E-state index is 13.1. The second kappa shape index (κ2) is 8.14. The molecule has 0 fully saturated rings. The molecule has 6 heteroatoms. The van der Waals surface area contributed by atoms with Gasteiger partial charge >= 0.3 is 5.97 Å². The maximum absolute atomic E-state index is 13.1. The lowest BCUT2D eigenvalue weighted by Gasteiger charge is -2.31. The highest BCUT2D eigenvalue weighted by Crippen LogP contribution is 2.28. The molecule has 2 heterocycles. The molecule has 0 unspecified atom stereocenters. The summed E-state index contributed by atoms with van der Waals surface area (Å²) in [6.07, 6.45) is 0.957. The molecule has 154 valence electrons. The van der Waals surface area contributed by atoms with Crippen LogP contribution in [0, 0.1) is 13.8 Å². The van der Waals surface area contributed by atoms with Crippen molar-refractivity contribution in [2.24, 2.45) is 0 Å². The average Bonchev–Trinajstić information content (AvgIpc) is 3.07. The first-order chi connectivity index (χ1) is 14.5. The Bertz CT molecular complexity index is 1090. The van der Waals surface area contributed by atoms with Crippen molar-refractivity contribution >= 4 is 17.6 Å². The number of hydrogen-bond acceptors (Lipinski definition) is 4. The third-order valence-corrected chi connectivity index (χ3v) is 5.50. The Morgan fingerprint density at radius 3 is 2.50 bits per heavy atom. The van der Waals surface area contributed by atoms with E-state index in [4.69, 9.17) is 4.74 Å². The number of fused-ring (bicyclic) bond motifs is 1. The summed E-state index contributed by atoms with van der Waals surface area (Å²) >= 11 is 0. The predicted molar refractivity (Wildman–Crippen MR) is 115 cm³/mol. The lowest BCUT2D eigenvalue weighted by molar-refractivity contribution is -0.126. The molecule has 1 atom stereocenters. The van der Waals surface area contributed by atoms with E-state index in [9.17, 15) is 9.59 Å². The van der Waals surface area contributed by atoms with Crippen molar-refractivity contribution in [3.63, 3.8) is 0 Å². The van der Waals surface area contributed by atoms with Crippen LogP contribution in [0.1, 0.15) is 40.7 Å². The van der Waals surface area contributed by atoms with Gasteiger partial charge in [0.15, 0.2) is 6.10 Å². The highest BCUT2D eigenvalue weighted by molar-refractivity contribution is 6.00. The molecule has 1 amide bonds. The van der Waals surface area contributed by atoms with Gasteiger partial charge in [-0.2, -0.15) is 5.10 Å². The predicted octanol–water partition coefficient (Wildman–Crippen LogP) is 4.01. The van der Waals surface area contributed by atoms with Gasteiger partial charge in [-0.15, -0.1) is 0 Å². The molecule has 1 aliphatic rings. The van der Waals surface area contributed by atoms with E-state index in [0.717, 1.165) is 29.8 Å². The number of esters is 1. The highest BCUT2D eigenvalue weighted by Gasteiger charge is 2.30. The zero-order valence-electron chi connectivity index (χ0n) is 17.5. The van der Waals surface area contributed by atoms with Gasteiger partial charge < -0.3 is 9.64 Å². The highest BCUT2D eigenvalue weighted by atomic mass is 16.5. The third-order valence-electron chi connectivity index (χ3n) is 5.50. The molecule has 0 saturated heterocycles. The van der Waals surface area contributed by atoms with E-state index in [1.165, 1.54) is 0 Å². The summed E-state index contributed by atoms with van der Waals surface area (Å²) in [7, 11) is 0. The number of hydrogen-bond donors (Lipinski definition) is 0. The van der Waals surface area contributed by atoms with Gasteiger partial charge in [0.2, 0.25) is 0 Å². The van der Waals surface area contributed by atoms with E-state index in [1.807, 2.05) is 61.5 Å². The van der Waals surface area contributed by atoms with E-state index in [0.29, 0.717) is 23.5 Å². The van der Waals surface area contributed by atoms with Crippen molar-refractivity contribution in [1.29, 1.82) is 0 Å². The molecule has 30 heavy (non-hydrogen) atoms. The Hall–Kier alpha value is -3.41. The molecule has 0 saturated carbocycles. The van der Waals surface area contributed by atoms with Crippen LogP contribution in [0.2, 0.25) is 0 Å². The number of aryl methyl sites for hydroxylation is 2. The second-order valence-electron chi connectivity index (χ2n) is 7.56. The van der Waals surface area contributed by atoms with Crippen molar-refractivity contribution in [1.82, 2.24) is 9.78 Å². The Labute approximate surface area is 176 Å². The van der Waals surface area contributed by atoms with E-state index in [2.05, 4.69) is 5.10 Å². The Morgan fingerprint density at radius 1 is 1.03 bits per heavy atom. The normalized spacial score (nSPS) is 14.2. The van der Waals surface area contributed by atoms with Gasteiger partial charge in [0.1, 0.15) is 5.56 Å². The number of ether oxygens (including phenoxy) is 1. The Morgan fingerprint density at radius 2 is 1.73 bits per heavy atom. The van der Waals surface area contributed by atoms with Crippen LogP contribution in [0.5, 0.6) is 0 Å². The molecule has 1 aromatic heterocycles. The van der Waals surface area contributed by atoms with E-state index in [-0.39, 0.29) is 5.91 Å². The van der Waals surface area contributed by atoms with E-state index < -0.39 is 12.1 Å². The fourth-order valence-electron chi connectivity index (χ4n) is 4.01. The first-order valence-corrected chi connectivity index (χ1v) is 10.2. The molecule has 3 aromatic rings. The zero-order valence-corrected chi connectivity index (χ0v) is 17.5. The largest absolute Gasteiger partial charge is 0.449 e. The van der Waals surface area contributed by atoms with Crippen LogP contribution in [0.15, 0.2) is 54.6 Å². The lowest BCUT2D eigenvalue weighted by atomic mass is 10.0. The molecule has 2 aromatic carbocycles. The van der Waals surface area contributed by atoms with Gasteiger partial charge in [0.25, 0.3) is 5.91 Å². The van der Waals surface area contributed by atoms with Gasteiger partial charge in [0.05, 0.1) is 17.1 Å². The monoisotopic (exact) mass is 403 g/mol. The first kappa shape index (κ1) is 19.9. The fourth-order valence-corrected chi connectivity index (χ4v) is 4.01. The minimum atomic E-state index is -0.887. The summed E-state index contributed by atoms with van der Waals surface area (Å²) in [5, 5.41) is 4.49. The number of carbonyl (C=O) groups is 2. The molecule has 1 aliphatic heterocycles. The Kier molecular flexibility index (Phi) is 5.40. The van der Waals surface area contributed by atoms with Crippen molar-refractivity contribution in [2.45, 2.75) is 39.7 Å². The van der Waals surface area contributed by atoms with Gasteiger partial charge in [-0.1, -0.05) is 36.4 Å². The summed E-state index contributed by atoms with van der Waals surface area (Å²) in [5.74, 6) is -0.736. The van der Waals surface area contributed by atoms with E-state index in [1.54, 1.807) is 23.4 Å². The van der Waals surface area contributed by atoms with Crippen LogP contribution < -0.4 is 4.90 Å². The smallest absolute Gasteiger partial charge is 0.342 e. The number of rotatable bonds is 4. The summed E-state index contributed by atoms with van der Waals surface area (Å²) in [6, 6.07) is 17.5. The SMILES string of the molecule is Cc1nn(-c2ccccc2)c(C)c1C(=O)O[C@@H](C)C(=O)N1CCCc2ccccc21. The molecule has 0 bridgehead atoms. The molecular formula is C24H25N3O3. The standard InChI is InChI=1S/C24H25N3O3/c1-16-22(17(2)27(25-16)20-12-5-4-6-13-20)24(29)30-18(3)23(28)26-15-9-11-19-10-7-8-14-21(19)26/h4-8,10,12-14,18H,9,11,15H2,1-3H3/t18-/m0/s1. The van der Waals surface area contributed by atoms with Crippen LogP contribution in [-0.2, 0) is 16.0 Å². The molecule has 4 rings (SSSR count). The first-order valence-electron chi connectivity index (χ1n) is 10.2. The molecule has 0 radical (unpaired) electrons. The third kappa shape index (κ3) is 3.61. The number of benzene rings is 2. The molecule has 6 nitrogen and oxygen atoms in total. The minimum Gasteiger partial charge on any atom is -0.449 e. The van der Waals surface area contributed by atoms with Crippen molar-refractivity contribution < 1.29 is 14.3 Å². The summed E-state index contributed by atoms with van der Waals surface area (Å²) < 4.78 is 7.32. The van der Waals surface area contributed by atoms with Crippen LogP contribution >= 0.6 is 0 Å². The van der Waals surface area contributed by atoms with Crippen molar-refractivity contribution in [3.05, 3.63) is 77.1 Å². The van der Waals surface area contributed by atoms with Gasteiger partial charge in [-0.25, -0.2) is 9.48 Å². The van der Waals surface area contributed by atoms with Crippen molar-refractivity contribution in [2.75, 3.05) is 11.4 Å². The van der Waals surface area contributed by atoms with Crippen molar-refractivity contribution in [3.8, 4) is 5.69 Å². The maximum Gasteiger partial charge on any atom is 0.342 e. The van der Waals surface area contributed by atoms with Gasteiger partial charge in [0, 0.05) is 12.2 Å². The van der Waals surface area contributed by atoms with Crippen LogP contribution in [0.3, 0.4) is 0 Å². The number of aromatic nitrogens is 2. The van der Waals surface area contributed by atoms with E-state index >= 15 is 0 Å². The average molecular weight is 403 g/mol. The second-order valence-corrected chi connectivity index (χ2v) is 7.56. The number of amides is 1. The zero-order chi connectivity index (χ0) is 21.3. The summed E-state index contributed by atoms with van der Waals surface area (Å²) in [5.41, 5.74) is 4.58. The van der Waals surface area contributed by atoms with Gasteiger partial charge in [-0.05, 0) is 57.4 Å². The number of nitrogens with zero attached hydrogens (tertiary/aromatic N) is 3. The number of anilines is 1. The molecule has 0 N–H and O–H groups in total. The molecule has 0 spiro atoms. The number of para-hydroxylation sites is 2. The molecule has 0 aliphatic carbocycles. The summed E-state index contributed by atoms with van der Waals surface area (Å²) in [6.45, 7) is 5.86. The van der Waals surface area contributed by atoms with Crippen LogP contribution in [-0.4, -0.2) is 34.3 Å². The quantitative estimate of drug-likeness (QED) is 0.618. The van der Waals surface area contributed by atoms with Crippen LogP contribution in [0.25, 0.3) is 5.69 Å². The number of carbonyl (C=O) groups excluding carboxylic acids is 2. The van der Waals surface area contributed by atoms with Gasteiger partial charge in [-0.3, -0.25) is 4.79 Å². The van der Waals surface area contributed by atoms with Crippen LogP contribution in [0.4, 0.5) is 5.69 Å². The minimum absolute atomic E-state index is 0.207. The Balaban J connectivity index is 1.54.